The number of furan rings is 1. The summed E-state index contributed by atoms with van der Waals surface area (Å²) >= 11 is 11.6. The van der Waals surface area contributed by atoms with E-state index in [2.05, 4.69) is 0 Å². The fraction of sp³-hybridized carbons (Fsp3) is 0.125. The van der Waals surface area contributed by atoms with Gasteiger partial charge in [-0.15, -0.1) is 0 Å². The molecule has 0 spiro atoms. The Morgan fingerprint density at radius 1 is 1.14 bits per heavy atom. The molecule has 0 aliphatic rings. The van der Waals surface area contributed by atoms with Gasteiger partial charge >= 0.3 is 0 Å². The van der Waals surface area contributed by atoms with Gasteiger partial charge in [-0.2, -0.15) is 0 Å². The van der Waals surface area contributed by atoms with Gasteiger partial charge in [-0.1, -0.05) is 35.3 Å². The van der Waals surface area contributed by atoms with E-state index in [9.17, 15) is 9.50 Å². The van der Waals surface area contributed by atoms with E-state index in [-0.39, 0.29) is 11.4 Å². The van der Waals surface area contributed by atoms with Gasteiger partial charge in [0.2, 0.25) is 0 Å². The SMILES string of the molecule is OC(Cc1cccc(Cl)c1F)c1cc2cc(Cl)ccc2o1. The third-order valence-corrected chi connectivity index (χ3v) is 3.80. The number of aliphatic hydroxyl groups is 1. The predicted octanol–water partition coefficient (Wildman–Crippen LogP) is 5.15. The van der Waals surface area contributed by atoms with Crippen molar-refractivity contribution in [2.75, 3.05) is 0 Å². The van der Waals surface area contributed by atoms with Crippen LogP contribution in [0.5, 0.6) is 0 Å². The molecule has 0 amide bonds. The van der Waals surface area contributed by atoms with Crippen LogP contribution in [-0.4, -0.2) is 5.11 Å². The van der Waals surface area contributed by atoms with Gasteiger partial charge in [-0.25, -0.2) is 4.39 Å². The highest BCUT2D eigenvalue weighted by Gasteiger charge is 2.17. The molecule has 3 aromatic rings. The summed E-state index contributed by atoms with van der Waals surface area (Å²) in [7, 11) is 0. The van der Waals surface area contributed by atoms with Crippen LogP contribution in [-0.2, 0) is 6.42 Å². The molecule has 0 aliphatic carbocycles. The summed E-state index contributed by atoms with van der Waals surface area (Å²) in [5.74, 6) is -0.149. The summed E-state index contributed by atoms with van der Waals surface area (Å²) < 4.78 is 19.4. The summed E-state index contributed by atoms with van der Waals surface area (Å²) in [6, 6.07) is 11.6. The average molecular weight is 325 g/mol. The van der Waals surface area contributed by atoms with E-state index in [0.29, 0.717) is 21.9 Å². The van der Waals surface area contributed by atoms with Crippen molar-refractivity contribution in [3.8, 4) is 0 Å². The van der Waals surface area contributed by atoms with Gasteiger partial charge in [0.1, 0.15) is 23.3 Å². The summed E-state index contributed by atoms with van der Waals surface area (Å²) in [6.45, 7) is 0. The molecule has 2 nitrogen and oxygen atoms in total. The zero-order chi connectivity index (χ0) is 15.0. The zero-order valence-electron chi connectivity index (χ0n) is 10.8. The van der Waals surface area contributed by atoms with E-state index in [1.54, 1.807) is 36.4 Å². The molecule has 0 aliphatic heterocycles. The largest absolute Gasteiger partial charge is 0.458 e. The third kappa shape index (κ3) is 2.91. The monoisotopic (exact) mass is 324 g/mol. The summed E-state index contributed by atoms with van der Waals surface area (Å²) in [5, 5.41) is 11.6. The minimum absolute atomic E-state index is 0.0380. The van der Waals surface area contributed by atoms with Gasteiger partial charge < -0.3 is 9.52 Å². The van der Waals surface area contributed by atoms with Crippen LogP contribution in [0, 0.1) is 5.82 Å². The highest BCUT2D eigenvalue weighted by atomic mass is 35.5. The molecule has 0 bridgehead atoms. The molecule has 1 aromatic heterocycles. The normalized spacial score (nSPS) is 12.8. The minimum atomic E-state index is -0.954. The maximum atomic E-state index is 13.8. The Hall–Kier alpha value is -1.55. The molecular formula is C16H11Cl2FO2. The first-order valence-electron chi connectivity index (χ1n) is 6.34. The van der Waals surface area contributed by atoms with Crippen molar-refractivity contribution in [2.45, 2.75) is 12.5 Å². The molecular weight excluding hydrogens is 314 g/mol. The zero-order valence-corrected chi connectivity index (χ0v) is 12.3. The van der Waals surface area contributed by atoms with Crippen molar-refractivity contribution in [1.82, 2.24) is 0 Å². The Balaban J connectivity index is 1.89. The number of hydrogen-bond donors (Lipinski definition) is 1. The molecule has 1 N–H and O–H groups in total. The highest BCUT2D eigenvalue weighted by Crippen LogP contribution is 2.29. The van der Waals surface area contributed by atoms with Crippen LogP contribution in [0.25, 0.3) is 11.0 Å². The van der Waals surface area contributed by atoms with E-state index in [0.717, 1.165) is 5.39 Å². The third-order valence-electron chi connectivity index (χ3n) is 3.27. The number of fused-ring (bicyclic) bond motifs is 1. The molecule has 0 saturated heterocycles. The van der Waals surface area contributed by atoms with Gasteiger partial charge in [-0.3, -0.25) is 0 Å². The maximum absolute atomic E-state index is 13.8. The predicted molar refractivity (Wildman–Crippen MR) is 81.3 cm³/mol. The quantitative estimate of drug-likeness (QED) is 0.722. The molecule has 0 fully saturated rings. The second-order valence-corrected chi connectivity index (χ2v) is 5.61. The summed E-state index contributed by atoms with van der Waals surface area (Å²) in [4.78, 5) is 0. The first-order valence-corrected chi connectivity index (χ1v) is 7.10. The van der Waals surface area contributed by atoms with Crippen molar-refractivity contribution < 1.29 is 13.9 Å². The number of benzene rings is 2. The molecule has 0 radical (unpaired) electrons. The Morgan fingerprint density at radius 3 is 2.76 bits per heavy atom. The molecule has 1 unspecified atom stereocenters. The van der Waals surface area contributed by atoms with E-state index in [1.807, 2.05) is 0 Å². The summed E-state index contributed by atoms with van der Waals surface area (Å²) in [5.41, 5.74) is 0.966. The lowest BCUT2D eigenvalue weighted by molar-refractivity contribution is 0.151. The minimum Gasteiger partial charge on any atom is -0.458 e. The highest BCUT2D eigenvalue weighted by molar-refractivity contribution is 6.31. The standard InChI is InChI=1S/C16H11Cl2FO2/c17-11-4-5-14-10(6-11)8-15(21-14)13(20)7-9-2-1-3-12(18)16(9)19/h1-6,8,13,20H,7H2. The molecule has 2 aromatic carbocycles. The van der Waals surface area contributed by atoms with Gasteiger partial charge in [0.15, 0.2) is 0 Å². The van der Waals surface area contributed by atoms with Crippen LogP contribution in [0.2, 0.25) is 10.0 Å². The Morgan fingerprint density at radius 2 is 1.95 bits per heavy atom. The molecule has 21 heavy (non-hydrogen) atoms. The van der Waals surface area contributed by atoms with E-state index < -0.39 is 11.9 Å². The number of halogens is 3. The van der Waals surface area contributed by atoms with Crippen LogP contribution in [0.3, 0.4) is 0 Å². The molecule has 5 heteroatoms. The molecule has 0 saturated carbocycles. The fourth-order valence-corrected chi connectivity index (χ4v) is 2.59. The van der Waals surface area contributed by atoms with Gasteiger partial charge in [0.25, 0.3) is 0 Å². The lowest BCUT2D eigenvalue weighted by Crippen LogP contribution is -2.02. The lowest BCUT2D eigenvalue weighted by Gasteiger charge is -2.09. The van der Waals surface area contributed by atoms with E-state index in [1.165, 1.54) is 6.07 Å². The van der Waals surface area contributed by atoms with Crippen molar-refractivity contribution in [3.63, 3.8) is 0 Å². The van der Waals surface area contributed by atoms with Crippen LogP contribution >= 0.6 is 23.2 Å². The van der Waals surface area contributed by atoms with Gasteiger partial charge in [0, 0.05) is 16.8 Å². The first-order chi connectivity index (χ1) is 10.0. The molecule has 108 valence electrons. The number of aliphatic hydroxyl groups excluding tert-OH is 1. The number of hydrogen-bond acceptors (Lipinski definition) is 2. The second kappa shape index (κ2) is 5.68. The molecule has 3 rings (SSSR count). The average Bonchev–Trinajstić information content (AvgIpc) is 2.87. The van der Waals surface area contributed by atoms with E-state index >= 15 is 0 Å². The lowest BCUT2D eigenvalue weighted by atomic mass is 10.1. The first kappa shape index (κ1) is 14.4. The van der Waals surface area contributed by atoms with Gasteiger partial charge in [-0.05, 0) is 35.9 Å². The maximum Gasteiger partial charge on any atom is 0.145 e. The molecule has 1 atom stereocenters. The van der Waals surface area contributed by atoms with Crippen molar-refractivity contribution >= 4 is 34.2 Å². The van der Waals surface area contributed by atoms with Crippen molar-refractivity contribution in [2.24, 2.45) is 0 Å². The smallest absolute Gasteiger partial charge is 0.145 e. The fourth-order valence-electron chi connectivity index (χ4n) is 2.21. The van der Waals surface area contributed by atoms with Crippen molar-refractivity contribution in [3.05, 3.63) is 69.7 Å². The second-order valence-electron chi connectivity index (χ2n) is 4.76. The topological polar surface area (TPSA) is 33.4 Å². The van der Waals surface area contributed by atoms with Crippen LogP contribution < -0.4 is 0 Å². The summed E-state index contributed by atoms with van der Waals surface area (Å²) in [6.07, 6.45) is -0.871. The van der Waals surface area contributed by atoms with Crippen molar-refractivity contribution in [1.29, 1.82) is 0 Å². The van der Waals surface area contributed by atoms with Crippen LogP contribution in [0.1, 0.15) is 17.4 Å². The Labute approximate surface area is 130 Å². The Bertz CT molecular complexity index is 798. The van der Waals surface area contributed by atoms with E-state index in [4.69, 9.17) is 27.6 Å². The molecule has 1 heterocycles. The number of rotatable bonds is 3. The van der Waals surface area contributed by atoms with Crippen LogP contribution in [0.15, 0.2) is 46.9 Å². The van der Waals surface area contributed by atoms with Gasteiger partial charge in [0.05, 0.1) is 5.02 Å². The van der Waals surface area contributed by atoms with Crippen LogP contribution in [0.4, 0.5) is 4.39 Å². The Kier molecular flexibility index (Phi) is 3.89.